The molecule has 0 saturated carbocycles. The molecule has 2 atom stereocenters. The number of likely N-dealkylation sites (tertiary alicyclic amines) is 1. The van der Waals surface area contributed by atoms with Crippen molar-refractivity contribution in [1.29, 1.82) is 0 Å². The van der Waals surface area contributed by atoms with Crippen LogP contribution in [-0.2, 0) is 20.2 Å². The van der Waals surface area contributed by atoms with Crippen LogP contribution >= 0.6 is 0 Å². The molecule has 2 heterocycles. The number of amides is 1. The summed E-state index contributed by atoms with van der Waals surface area (Å²) < 4.78 is 17.9. The monoisotopic (exact) mass is 484 g/mol. The van der Waals surface area contributed by atoms with Crippen molar-refractivity contribution in [2.24, 2.45) is 11.3 Å². The maximum Gasteiger partial charge on any atom is 0.410 e. The van der Waals surface area contributed by atoms with Gasteiger partial charge in [0.25, 0.3) is 0 Å². The summed E-state index contributed by atoms with van der Waals surface area (Å²) >= 11 is 0. The molecule has 3 rings (SSSR count). The van der Waals surface area contributed by atoms with Crippen molar-refractivity contribution < 1.29 is 18.4 Å². The second kappa shape index (κ2) is 12.3. The fourth-order valence-electron chi connectivity index (χ4n) is 4.27. The van der Waals surface area contributed by atoms with Gasteiger partial charge in [-0.05, 0) is 29.5 Å². The zero-order chi connectivity index (χ0) is 23.7. The van der Waals surface area contributed by atoms with E-state index in [1.54, 1.807) is 6.20 Å². The van der Waals surface area contributed by atoms with Gasteiger partial charge in [0.05, 0.1) is 6.04 Å². The minimum atomic E-state index is -0.614. The van der Waals surface area contributed by atoms with Gasteiger partial charge >= 0.3 is 6.09 Å². The number of carbonyl (C=O) groups excluding carboxylic acids is 1. The summed E-state index contributed by atoms with van der Waals surface area (Å²) in [4.78, 5) is 19.2. The lowest BCUT2D eigenvalue weighted by molar-refractivity contribution is -0.102. The van der Waals surface area contributed by atoms with Gasteiger partial charge < -0.3 is 18.5 Å². The molecule has 0 bridgehead atoms. The Kier molecular flexibility index (Phi) is 9.43. The summed E-state index contributed by atoms with van der Waals surface area (Å²) in [5.74, 6) is 0.233. The van der Waals surface area contributed by atoms with Crippen LogP contribution in [0, 0.1) is 11.3 Å². The maximum atomic E-state index is 13.1. The lowest BCUT2D eigenvalue weighted by Gasteiger charge is -2.39. The number of hydrogen-bond acceptors (Lipinski definition) is 5. The highest BCUT2D eigenvalue weighted by Gasteiger charge is 2.46. The molecule has 8 heteroatoms. The van der Waals surface area contributed by atoms with E-state index in [0.717, 1.165) is 17.5 Å². The van der Waals surface area contributed by atoms with E-state index >= 15 is 0 Å². The maximum absolute atomic E-state index is 13.1. The van der Waals surface area contributed by atoms with Crippen LogP contribution in [0.15, 0.2) is 60.9 Å². The van der Waals surface area contributed by atoms with E-state index in [1.807, 2.05) is 59.6 Å². The first-order valence-corrected chi connectivity index (χ1v) is 15.7. The van der Waals surface area contributed by atoms with Gasteiger partial charge in [0.15, 0.2) is 19.5 Å². The number of hydrogen-bond donors (Lipinski definition) is 0. The normalized spacial score (nSPS) is 20.4. The Bertz CT molecular complexity index is 890. The molecule has 1 amide bonds. The number of ether oxygens (including phenoxy) is 1. The molecule has 0 N–H and O–H groups in total. The third kappa shape index (κ3) is 6.86. The summed E-state index contributed by atoms with van der Waals surface area (Å²) in [5, 5.41) is 0. The fraction of sp³-hybridized carbons (Fsp3) is 0.440. The van der Waals surface area contributed by atoms with E-state index in [4.69, 9.17) is 13.6 Å². The molecule has 1 aliphatic heterocycles. The van der Waals surface area contributed by atoms with E-state index in [9.17, 15) is 4.79 Å². The van der Waals surface area contributed by atoms with E-state index in [1.165, 1.54) is 0 Å². The summed E-state index contributed by atoms with van der Waals surface area (Å²) in [7, 11) is -1.23. The van der Waals surface area contributed by atoms with Crippen molar-refractivity contribution in [2.75, 3.05) is 6.54 Å². The van der Waals surface area contributed by atoms with Crippen molar-refractivity contribution in [3.8, 4) is 0 Å². The van der Waals surface area contributed by atoms with Gasteiger partial charge in [-0.25, -0.2) is 4.79 Å². The second-order valence-corrected chi connectivity index (χ2v) is 10.7. The van der Waals surface area contributed by atoms with Crippen molar-refractivity contribution in [3.63, 3.8) is 0 Å². The Hall–Kier alpha value is -2.27. The molecule has 1 saturated heterocycles. The van der Waals surface area contributed by atoms with E-state index in [2.05, 4.69) is 38.0 Å². The minimum Gasteiger partial charge on any atom is -0.445 e. The Morgan fingerprint density at radius 3 is 2.55 bits per heavy atom. The highest BCUT2D eigenvalue weighted by Crippen LogP contribution is 2.42. The number of nitrogens with zero attached hydrogens (tertiary/aromatic N) is 2. The molecule has 1 aromatic carbocycles. The number of benzene rings is 1. The average molecular weight is 485 g/mol. The quantitative estimate of drug-likeness (QED) is 0.379. The predicted octanol–water partition coefficient (Wildman–Crippen LogP) is 3.77. The van der Waals surface area contributed by atoms with Gasteiger partial charge in [-0.3, -0.25) is 4.98 Å². The van der Waals surface area contributed by atoms with Crippen molar-refractivity contribution >= 4 is 31.7 Å². The van der Waals surface area contributed by atoms with Crippen LogP contribution < -0.4 is 0 Å². The standard InChI is InChI=1S/C25H36N2O4Si2/c1-25(2,23(30-32-3)31-33-4)21-15-22(13-12-19-11-8-14-26-16-19)27(17-21)24(28)29-18-20-9-6-5-7-10-20/h5-14,16,21-23H,15,17-18,32-33H2,1-4H3. The fourth-order valence-corrected chi connectivity index (χ4v) is 6.12. The molecule has 33 heavy (non-hydrogen) atoms. The first-order chi connectivity index (χ1) is 16.0. The number of carbonyl (C=O) groups is 1. The molecule has 1 aliphatic rings. The lowest BCUT2D eigenvalue weighted by Crippen LogP contribution is -2.43. The zero-order valence-corrected chi connectivity index (χ0v) is 23.0. The lowest BCUT2D eigenvalue weighted by atomic mass is 9.77. The molecule has 1 aromatic heterocycles. The van der Waals surface area contributed by atoms with Crippen molar-refractivity contribution in [2.45, 2.75) is 52.3 Å². The molecule has 0 aliphatic carbocycles. The van der Waals surface area contributed by atoms with Gasteiger partial charge in [-0.1, -0.05) is 75.5 Å². The molecule has 0 radical (unpaired) electrons. The molecule has 6 nitrogen and oxygen atoms in total. The minimum absolute atomic E-state index is 0.0591. The first-order valence-electron chi connectivity index (χ1n) is 11.7. The first kappa shape index (κ1) is 25.4. The zero-order valence-electron chi connectivity index (χ0n) is 20.1. The van der Waals surface area contributed by atoms with Gasteiger partial charge in [0.2, 0.25) is 0 Å². The van der Waals surface area contributed by atoms with E-state index < -0.39 is 19.5 Å². The van der Waals surface area contributed by atoms with Crippen LogP contribution in [0.25, 0.3) is 6.08 Å². The molecular weight excluding hydrogens is 448 g/mol. The Balaban J connectivity index is 1.77. The highest BCUT2D eigenvalue weighted by molar-refractivity contribution is 6.26. The van der Waals surface area contributed by atoms with Gasteiger partial charge in [-0.2, -0.15) is 0 Å². The summed E-state index contributed by atoms with van der Waals surface area (Å²) in [5.41, 5.74) is 1.78. The number of rotatable bonds is 10. The van der Waals surface area contributed by atoms with E-state index in [0.29, 0.717) is 6.54 Å². The predicted molar refractivity (Wildman–Crippen MR) is 137 cm³/mol. The summed E-state index contributed by atoms with van der Waals surface area (Å²) in [6, 6.07) is 13.6. The Morgan fingerprint density at radius 2 is 1.91 bits per heavy atom. The van der Waals surface area contributed by atoms with Crippen LogP contribution in [0.3, 0.4) is 0 Å². The van der Waals surface area contributed by atoms with Crippen molar-refractivity contribution in [3.05, 3.63) is 72.1 Å². The topological polar surface area (TPSA) is 60.9 Å². The summed E-state index contributed by atoms with van der Waals surface area (Å²) in [6.45, 7) is 9.55. The number of aromatic nitrogens is 1. The van der Waals surface area contributed by atoms with Crippen molar-refractivity contribution in [1.82, 2.24) is 9.88 Å². The highest BCUT2D eigenvalue weighted by atomic mass is 28.2. The SMILES string of the molecule is C[SiH2]OC(O[SiH2]C)C(C)(C)C1CC(C=Cc2cccnc2)N(C(=O)OCc2ccccc2)C1. The Morgan fingerprint density at radius 1 is 1.18 bits per heavy atom. The van der Waals surface area contributed by atoms with Crippen LogP contribution in [0.5, 0.6) is 0 Å². The number of pyridine rings is 1. The third-order valence-corrected chi connectivity index (χ3v) is 7.55. The average Bonchev–Trinajstić information content (AvgIpc) is 3.28. The largest absolute Gasteiger partial charge is 0.445 e. The Labute approximate surface area is 202 Å². The van der Waals surface area contributed by atoms with Crippen LogP contribution in [0.4, 0.5) is 4.79 Å². The smallest absolute Gasteiger partial charge is 0.410 e. The molecule has 2 aromatic rings. The van der Waals surface area contributed by atoms with E-state index in [-0.39, 0.29) is 36.4 Å². The van der Waals surface area contributed by atoms with Gasteiger partial charge in [0, 0.05) is 24.4 Å². The third-order valence-electron chi connectivity index (χ3n) is 6.27. The van der Waals surface area contributed by atoms with Crippen LogP contribution in [-0.4, -0.2) is 54.4 Å². The molecular formula is C25H36N2O4Si2. The molecule has 178 valence electrons. The summed E-state index contributed by atoms with van der Waals surface area (Å²) in [6.07, 6.45) is 8.05. The second-order valence-electron chi connectivity index (χ2n) is 8.90. The van der Waals surface area contributed by atoms with Gasteiger partial charge in [0.1, 0.15) is 12.9 Å². The molecule has 1 fully saturated rings. The van der Waals surface area contributed by atoms with Crippen LogP contribution in [0.1, 0.15) is 31.4 Å². The molecule has 2 unspecified atom stereocenters. The van der Waals surface area contributed by atoms with Gasteiger partial charge in [-0.15, -0.1) is 0 Å². The molecule has 0 spiro atoms. The van der Waals surface area contributed by atoms with Crippen LogP contribution in [0.2, 0.25) is 13.1 Å².